The number of halogens is 1. The second-order valence-electron chi connectivity index (χ2n) is 6.15. The van der Waals surface area contributed by atoms with Crippen LogP contribution in [0.3, 0.4) is 0 Å². The zero-order chi connectivity index (χ0) is 16.7. The van der Waals surface area contributed by atoms with Crippen molar-refractivity contribution < 1.29 is 14.3 Å². The van der Waals surface area contributed by atoms with E-state index >= 15 is 0 Å². The predicted molar refractivity (Wildman–Crippen MR) is 91.5 cm³/mol. The number of piperidine rings is 1. The van der Waals surface area contributed by atoms with E-state index in [0.717, 1.165) is 43.9 Å². The fourth-order valence-electron chi connectivity index (χ4n) is 3.12. The molecular weight excluding hydrogens is 314 g/mol. The van der Waals surface area contributed by atoms with Gasteiger partial charge in [0.05, 0.1) is 12.0 Å². The zero-order valence-corrected chi connectivity index (χ0v) is 14.8. The number of rotatable bonds is 7. The van der Waals surface area contributed by atoms with Crippen LogP contribution in [0.1, 0.15) is 31.7 Å². The van der Waals surface area contributed by atoms with Crippen LogP contribution in [0, 0.1) is 5.41 Å². The molecule has 5 heteroatoms. The smallest absolute Gasteiger partial charge is 0.312 e. The van der Waals surface area contributed by atoms with Gasteiger partial charge in [0.25, 0.3) is 0 Å². The maximum atomic E-state index is 12.4. The van der Waals surface area contributed by atoms with E-state index in [1.165, 1.54) is 5.56 Å². The Morgan fingerprint density at radius 2 is 1.91 bits per heavy atom. The number of esters is 1. The van der Waals surface area contributed by atoms with Crippen molar-refractivity contribution in [3.8, 4) is 0 Å². The molecule has 0 aromatic heterocycles. The Morgan fingerprint density at radius 1 is 1.26 bits per heavy atom. The molecule has 0 amide bonds. The maximum Gasteiger partial charge on any atom is 0.312 e. The monoisotopic (exact) mass is 339 g/mol. The third-order valence-corrected chi connectivity index (χ3v) is 4.88. The van der Waals surface area contributed by atoms with Gasteiger partial charge in [-0.2, -0.15) is 0 Å². The summed E-state index contributed by atoms with van der Waals surface area (Å²) < 4.78 is 10.5. The third kappa shape index (κ3) is 4.93. The Balaban J connectivity index is 1.95. The lowest BCUT2D eigenvalue weighted by Crippen LogP contribution is -2.45. The van der Waals surface area contributed by atoms with Crippen molar-refractivity contribution >= 4 is 17.6 Å². The molecule has 0 radical (unpaired) electrons. The van der Waals surface area contributed by atoms with E-state index in [2.05, 4.69) is 17.0 Å². The lowest BCUT2D eigenvalue weighted by atomic mass is 9.75. The van der Waals surface area contributed by atoms with Crippen molar-refractivity contribution in [2.24, 2.45) is 5.41 Å². The summed E-state index contributed by atoms with van der Waals surface area (Å²) in [5.41, 5.74) is 0.859. The van der Waals surface area contributed by atoms with Gasteiger partial charge in [0.15, 0.2) is 0 Å². The molecule has 0 N–H and O–H groups in total. The quantitative estimate of drug-likeness (QED) is 0.712. The van der Waals surface area contributed by atoms with Gasteiger partial charge >= 0.3 is 5.97 Å². The molecule has 0 aliphatic carbocycles. The molecule has 0 unspecified atom stereocenters. The van der Waals surface area contributed by atoms with Gasteiger partial charge in [-0.05, 0) is 57.0 Å². The minimum absolute atomic E-state index is 0.0665. The summed E-state index contributed by atoms with van der Waals surface area (Å²) >= 11 is 5.93. The zero-order valence-electron chi connectivity index (χ0n) is 14.0. The van der Waals surface area contributed by atoms with E-state index < -0.39 is 0 Å². The van der Waals surface area contributed by atoms with Gasteiger partial charge in [0.2, 0.25) is 0 Å². The minimum atomic E-state index is -0.386. The van der Waals surface area contributed by atoms with E-state index in [1.807, 2.05) is 19.1 Å². The third-order valence-electron chi connectivity index (χ3n) is 4.63. The van der Waals surface area contributed by atoms with Gasteiger partial charge in [-0.3, -0.25) is 9.69 Å². The molecule has 0 saturated carbocycles. The predicted octanol–water partition coefficient (Wildman–Crippen LogP) is 3.52. The molecule has 4 nitrogen and oxygen atoms in total. The number of carbonyl (C=O) groups is 1. The van der Waals surface area contributed by atoms with E-state index in [0.29, 0.717) is 13.2 Å². The van der Waals surface area contributed by atoms with E-state index in [-0.39, 0.29) is 11.4 Å². The molecule has 0 atom stereocenters. The molecule has 0 bridgehead atoms. The molecular formula is C18H26ClNO3. The molecule has 1 aromatic rings. The first kappa shape index (κ1) is 18.2. The van der Waals surface area contributed by atoms with Crippen LogP contribution in [0.15, 0.2) is 24.3 Å². The largest absolute Gasteiger partial charge is 0.466 e. The highest BCUT2D eigenvalue weighted by atomic mass is 35.5. The second-order valence-corrected chi connectivity index (χ2v) is 6.58. The average Bonchev–Trinajstić information content (AvgIpc) is 2.57. The first-order valence-electron chi connectivity index (χ1n) is 8.22. The Morgan fingerprint density at radius 3 is 2.48 bits per heavy atom. The van der Waals surface area contributed by atoms with Crippen LogP contribution >= 0.6 is 11.6 Å². The van der Waals surface area contributed by atoms with Crippen LogP contribution < -0.4 is 0 Å². The Labute approximate surface area is 143 Å². The number of likely N-dealkylation sites (tertiary alicyclic amines) is 1. The first-order valence-corrected chi connectivity index (χ1v) is 8.60. The Hall–Kier alpha value is -1.10. The van der Waals surface area contributed by atoms with Gasteiger partial charge in [-0.1, -0.05) is 23.7 Å². The maximum absolute atomic E-state index is 12.4. The number of ether oxygens (including phenoxy) is 2. The van der Waals surface area contributed by atoms with Crippen molar-refractivity contribution in [2.45, 2.75) is 32.7 Å². The minimum Gasteiger partial charge on any atom is -0.466 e. The summed E-state index contributed by atoms with van der Waals surface area (Å²) in [5.74, 6) is -0.0665. The number of benzene rings is 1. The second kappa shape index (κ2) is 8.67. The highest BCUT2D eigenvalue weighted by Crippen LogP contribution is 2.37. The van der Waals surface area contributed by atoms with Gasteiger partial charge in [0.1, 0.15) is 0 Å². The molecule has 1 fully saturated rings. The number of nitrogens with zero attached hydrogens (tertiary/aromatic N) is 1. The first-order chi connectivity index (χ1) is 11.1. The molecule has 1 aliphatic heterocycles. The lowest BCUT2D eigenvalue weighted by molar-refractivity contribution is -0.160. The van der Waals surface area contributed by atoms with Gasteiger partial charge in [0, 0.05) is 25.3 Å². The van der Waals surface area contributed by atoms with Crippen LogP contribution in [-0.2, 0) is 20.8 Å². The summed E-state index contributed by atoms with van der Waals surface area (Å²) in [6.45, 7) is 5.56. The van der Waals surface area contributed by atoms with Crippen molar-refractivity contribution in [3.05, 3.63) is 34.9 Å². The molecule has 2 rings (SSSR count). The summed E-state index contributed by atoms with van der Waals surface area (Å²) in [5, 5.41) is 0.758. The number of hydrogen-bond acceptors (Lipinski definition) is 4. The van der Waals surface area contributed by atoms with Crippen LogP contribution in [0.25, 0.3) is 0 Å². The normalized spacial score (nSPS) is 17.9. The number of carbonyl (C=O) groups excluding carboxylic acids is 1. The molecule has 23 heavy (non-hydrogen) atoms. The SMILES string of the molecule is CCOC(=O)C1(CCOC)CCN(Cc2ccc(Cl)cc2)CC1. The highest BCUT2D eigenvalue weighted by Gasteiger charge is 2.42. The Bertz CT molecular complexity index is 495. The summed E-state index contributed by atoms with van der Waals surface area (Å²) in [4.78, 5) is 14.8. The highest BCUT2D eigenvalue weighted by molar-refractivity contribution is 6.30. The molecule has 1 aromatic carbocycles. The lowest BCUT2D eigenvalue weighted by Gasteiger charge is -2.40. The van der Waals surface area contributed by atoms with Gasteiger partial charge in [-0.15, -0.1) is 0 Å². The van der Waals surface area contributed by atoms with Gasteiger partial charge in [-0.25, -0.2) is 0 Å². The van der Waals surface area contributed by atoms with Crippen molar-refractivity contribution in [3.63, 3.8) is 0 Å². The molecule has 1 saturated heterocycles. The van der Waals surface area contributed by atoms with Gasteiger partial charge < -0.3 is 9.47 Å². The number of methoxy groups -OCH3 is 1. The fourth-order valence-corrected chi connectivity index (χ4v) is 3.25. The topological polar surface area (TPSA) is 38.8 Å². The summed E-state index contributed by atoms with van der Waals surface area (Å²) in [6, 6.07) is 7.95. The molecule has 128 valence electrons. The van der Waals surface area contributed by atoms with E-state index in [4.69, 9.17) is 21.1 Å². The van der Waals surface area contributed by atoms with Crippen molar-refractivity contribution in [1.29, 1.82) is 0 Å². The van der Waals surface area contributed by atoms with Crippen LogP contribution in [0.5, 0.6) is 0 Å². The molecule has 1 aliphatic rings. The van der Waals surface area contributed by atoms with Crippen LogP contribution in [0.4, 0.5) is 0 Å². The van der Waals surface area contributed by atoms with Crippen molar-refractivity contribution in [1.82, 2.24) is 4.90 Å². The summed E-state index contributed by atoms with van der Waals surface area (Å²) in [7, 11) is 1.68. The average molecular weight is 340 g/mol. The van der Waals surface area contributed by atoms with E-state index in [1.54, 1.807) is 7.11 Å². The van der Waals surface area contributed by atoms with Crippen LogP contribution in [0.2, 0.25) is 5.02 Å². The van der Waals surface area contributed by atoms with Crippen molar-refractivity contribution in [2.75, 3.05) is 33.4 Å². The molecule has 1 heterocycles. The number of hydrogen-bond donors (Lipinski definition) is 0. The molecule has 0 spiro atoms. The van der Waals surface area contributed by atoms with Crippen LogP contribution in [-0.4, -0.2) is 44.3 Å². The summed E-state index contributed by atoms with van der Waals surface area (Å²) in [6.07, 6.45) is 2.38. The van der Waals surface area contributed by atoms with E-state index in [9.17, 15) is 4.79 Å². The standard InChI is InChI=1S/C18H26ClNO3/c1-3-23-17(21)18(10-13-22-2)8-11-20(12-9-18)14-15-4-6-16(19)7-5-15/h4-7H,3,8-14H2,1-2H3. The fraction of sp³-hybridized carbons (Fsp3) is 0.611. The Kier molecular flexibility index (Phi) is 6.88.